The molecule has 0 aliphatic carbocycles. The molecule has 0 aromatic heterocycles. The van der Waals surface area contributed by atoms with E-state index in [-0.39, 0.29) is 11.9 Å². The number of nitrogens with one attached hydrogen (secondary N) is 1. The van der Waals surface area contributed by atoms with Crippen LogP contribution in [0.4, 0.5) is 4.39 Å². The lowest BCUT2D eigenvalue weighted by molar-refractivity contribution is 0.399. The van der Waals surface area contributed by atoms with Crippen LogP contribution in [0, 0.1) is 17.1 Å². The molecule has 0 spiro atoms. The van der Waals surface area contributed by atoms with Gasteiger partial charge in [-0.1, -0.05) is 12.1 Å². The van der Waals surface area contributed by atoms with Crippen LogP contribution in [0.25, 0.3) is 0 Å². The molecule has 0 aliphatic rings. The van der Waals surface area contributed by atoms with E-state index in [1.54, 1.807) is 25.3 Å². The second-order valence-corrected chi connectivity index (χ2v) is 4.80. The van der Waals surface area contributed by atoms with Crippen molar-refractivity contribution in [1.29, 1.82) is 5.26 Å². The average Bonchev–Trinajstić information content (AvgIpc) is 2.53. The summed E-state index contributed by atoms with van der Waals surface area (Å²) in [5, 5.41) is 12.1. The lowest BCUT2D eigenvalue weighted by atomic mass is 10.1. The number of methoxy groups -OCH3 is 1. The second-order valence-electron chi connectivity index (χ2n) is 4.80. The molecule has 2 rings (SSSR count). The quantitative estimate of drug-likeness (QED) is 0.913. The molecule has 0 bridgehead atoms. The van der Waals surface area contributed by atoms with Gasteiger partial charge in [-0.2, -0.15) is 5.26 Å². The van der Waals surface area contributed by atoms with Crippen molar-refractivity contribution in [3.05, 3.63) is 65.0 Å². The van der Waals surface area contributed by atoms with Gasteiger partial charge in [0.2, 0.25) is 0 Å². The molecule has 0 fully saturated rings. The van der Waals surface area contributed by atoms with Crippen LogP contribution in [0.5, 0.6) is 5.75 Å². The van der Waals surface area contributed by atoms with Gasteiger partial charge in [0.15, 0.2) is 0 Å². The van der Waals surface area contributed by atoms with Crippen LogP contribution in [-0.2, 0) is 6.54 Å². The van der Waals surface area contributed by atoms with Gasteiger partial charge in [0, 0.05) is 18.2 Å². The van der Waals surface area contributed by atoms with Crippen LogP contribution in [0.1, 0.15) is 29.7 Å². The Morgan fingerprint density at radius 1 is 1.24 bits per heavy atom. The molecule has 2 aromatic carbocycles. The Morgan fingerprint density at radius 3 is 2.57 bits per heavy atom. The number of rotatable bonds is 5. The Bertz CT molecular complexity index is 647. The van der Waals surface area contributed by atoms with Crippen LogP contribution in [0.2, 0.25) is 0 Å². The maximum absolute atomic E-state index is 13.4. The fourth-order valence-electron chi connectivity index (χ4n) is 2.12. The first-order chi connectivity index (χ1) is 10.1. The first kappa shape index (κ1) is 15.0. The summed E-state index contributed by atoms with van der Waals surface area (Å²) in [5.41, 5.74) is 2.49. The Labute approximate surface area is 124 Å². The number of ether oxygens (including phenoxy) is 1. The molecule has 0 radical (unpaired) electrons. The van der Waals surface area contributed by atoms with Crippen molar-refractivity contribution in [2.75, 3.05) is 7.11 Å². The molecular weight excluding hydrogens is 267 g/mol. The molecule has 0 heterocycles. The normalized spacial score (nSPS) is 11.7. The van der Waals surface area contributed by atoms with E-state index in [2.05, 4.69) is 11.4 Å². The number of nitrogens with zero attached hydrogens (tertiary/aromatic N) is 1. The standard InChI is InChI=1S/C17H17FN2O/c1-12(16-9-15(18)7-8-17(16)21-2)20-11-14-5-3-13(10-19)4-6-14/h3-9,12,20H,11H2,1-2H3. The Kier molecular flexibility index (Phi) is 4.91. The molecule has 1 atom stereocenters. The summed E-state index contributed by atoms with van der Waals surface area (Å²) in [6, 6.07) is 13.9. The molecule has 2 aromatic rings. The molecule has 108 valence electrons. The van der Waals surface area contributed by atoms with Crippen LogP contribution in [0.3, 0.4) is 0 Å². The lowest BCUT2D eigenvalue weighted by Crippen LogP contribution is -2.18. The van der Waals surface area contributed by atoms with E-state index in [1.165, 1.54) is 12.1 Å². The molecule has 3 nitrogen and oxygen atoms in total. The molecular formula is C17H17FN2O. The van der Waals surface area contributed by atoms with E-state index in [9.17, 15) is 4.39 Å². The number of nitriles is 1. The van der Waals surface area contributed by atoms with Crippen LogP contribution >= 0.6 is 0 Å². The first-order valence-corrected chi connectivity index (χ1v) is 6.70. The third-order valence-electron chi connectivity index (χ3n) is 3.35. The highest BCUT2D eigenvalue weighted by molar-refractivity contribution is 5.36. The largest absolute Gasteiger partial charge is 0.496 e. The van der Waals surface area contributed by atoms with Gasteiger partial charge in [-0.15, -0.1) is 0 Å². The summed E-state index contributed by atoms with van der Waals surface area (Å²) in [7, 11) is 1.57. The van der Waals surface area contributed by atoms with E-state index in [0.29, 0.717) is 17.9 Å². The molecule has 0 saturated heterocycles. The van der Waals surface area contributed by atoms with Crippen molar-refractivity contribution in [3.8, 4) is 11.8 Å². The number of hydrogen-bond acceptors (Lipinski definition) is 3. The predicted octanol–water partition coefficient (Wildman–Crippen LogP) is 3.56. The van der Waals surface area contributed by atoms with Crippen LogP contribution in [-0.4, -0.2) is 7.11 Å². The smallest absolute Gasteiger partial charge is 0.123 e. The monoisotopic (exact) mass is 284 g/mol. The lowest BCUT2D eigenvalue weighted by Gasteiger charge is -2.17. The zero-order valence-corrected chi connectivity index (χ0v) is 12.1. The van der Waals surface area contributed by atoms with Crippen LogP contribution < -0.4 is 10.1 Å². The number of halogens is 1. The highest BCUT2D eigenvalue weighted by Gasteiger charge is 2.12. The summed E-state index contributed by atoms with van der Waals surface area (Å²) >= 11 is 0. The van der Waals surface area contributed by atoms with Crippen molar-refractivity contribution in [2.24, 2.45) is 0 Å². The van der Waals surface area contributed by atoms with E-state index in [1.807, 2.05) is 19.1 Å². The zero-order chi connectivity index (χ0) is 15.2. The minimum atomic E-state index is -0.280. The van der Waals surface area contributed by atoms with Gasteiger partial charge in [0.1, 0.15) is 11.6 Å². The SMILES string of the molecule is COc1ccc(F)cc1C(C)NCc1ccc(C#N)cc1. The summed E-state index contributed by atoms with van der Waals surface area (Å²) in [6.07, 6.45) is 0. The van der Waals surface area contributed by atoms with Gasteiger partial charge in [-0.25, -0.2) is 4.39 Å². The van der Waals surface area contributed by atoms with E-state index in [0.717, 1.165) is 11.1 Å². The van der Waals surface area contributed by atoms with Crippen molar-refractivity contribution >= 4 is 0 Å². The third-order valence-corrected chi connectivity index (χ3v) is 3.35. The minimum Gasteiger partial charge on any atom is -0.496 e. The fraction of sp³-hybridized carbons (Fsp3) is 0.235. The predicted molar refractivity (Wildman–Crippen MR) is 79.4 cm³/mol. The number of hydrogen-bond donors (Lipinski definition) is 1. The minimum absolute atomic E-state index is 0.0497. The van der Waals surface area contributed by atoms with Crippen LogP contribution in [0.15, 0.2) is 42.5 Å². The molecule has 0 aliphatic heterocycles. The molecule has 1 unspecified atom stereocenters. The molecule has 0 amide bonds. The molecule has 21 heavy (non-hydrogen) atoms. The van der Waals surface area contributed by atoms with Gasteiger partial charge in [-0.3, -0.25) is 0 Å². The second kappa shape index (κ2) is 6.87. The maximum atomic E-state index is 13.4. The highest BCUT2D eigenvalue weighted by atomic mass is 19.1. The zero-order valence-electron chi connectivity index (χ0n) is 12.1. The fourth-order valence-corrected chi connectivity index (χ4v) is 2.12. The van der Waals surface area contributed by atoms with Crippen molar-refractivity contribution in [3.63, 3.8) is 0 Å². The summed E-state index contributed by atoms with van der Waals surface area (Å²) in [5.74, 6) is 0.383. The van der Waals surface area contributed by atoms with Crippen molar-refractivity contribution in [2.45, 2.75) is 19.5 Å². The maximum Gasteiger partial charge on any atom is 0.123 e. The Hall–Kier alpha value is -2.38. The summed E-state index contributed by atoms with van der Waals surface area (Å²) < 4.78 is 18.6. The Morgan fingerprint density at radius 2 is 1.95 bits per heavy atom. The molecule has 1 N–H and O–H groups in total. The molecule has 4 heteroatoms. The summed E-state index contributed by atoms with van der Waals surface area (Å²) in [6.45, 7) is 2.59. The van der Waals surface area contributed by atoms with Gasteiger partial charge < -0.3 is 10.1 Å². The third kappa shape index (κ3) is 3.80. The van der Waals surface area contributed by atoms with Gasteiger partial charge in [0.05, 0.1) is 18.7 Å². The van der Waals surface area contributed by atoms with Crippen molar-refractivity contribution in [1.82, 2.24) is 5.32 Å². The van der Waals surface area contributed by atoms with Gasteiger partial charge in [-0.05, 0) is 42.8 Å². The van der Waals surface area contributed by atoms with Crippen molar-refractivity contribution < 1.29 is 9.13 Å². The molecule has 0 saturated carbocycles. The average molecular weight is 284 g/mol. The van der Waals surface area contributed by atoms with Gasteiger partial charge in [0.25, 0.3) is 0 Å². The first-order valence-electron chi connectivity index (χ1n) is 6.70. The van der Waals surface area contributed by atoms with E-state index in [4.69, 9.17) is 10.00 Å². The van der Waals surface area contributed by atoms with E-state index >= 15 is 0 Å². The summed E-state index contributed by atoms with van der Waals surface area (Å²) in [4.78, 5) is 0. The van der Waals surface area contributed by atoms with Gasteiger partial charge >= 0.3 is 0 Å². The highest BCUT2D eigenvalue weighted by Crippen LogP contribution is 2.26. The topological polar surface area (TPSA) is 45.0 Å². The number of benzene rings is 2. The van der Waals surface area contributed by atoms with E-state index < -0.39 is 0 Å². The Balaban J connectivity index is 2.05.